The van der Waals surface area contributed by atoms with Gasteiger partial charge in [-0.25, -0.2) is 0 Å². The molecule has 1 N–H and O–H groups in total. The molecule has 0 saturated carbocycles. The van der Waals surface area contributed by atoms with Crippen LogP contribution in [-0.2, 0) is 11.2 Å². The normalized spacial score (nSPS) is 25.1. The summed E-state index contributed by atoms with van der Waals surface area (Å²) in [6.07, 6.45) is -3.06. The number of carbonyl (C=O) groups is 1. The van der Waals surface area contributed by atoms with Crippen LogP contribution in [0.1, 0.15) is 48.1 Å². The molecule has 0 bridgehead atoms. The molecular formula is C15H18F3N3O2. The van der Waals surface area contributed by atoms with E-state index >= 15 is 0 Å². The number of nitrogens with zero attached hydrogens (tertiary/aromatic N) is 2. The lowest BCUT2D eigenvalue weighted by Gasteiger charge is -2.28. The lowest BCUT2D eigenvalue weighted by molar-refractivity contribution is -0.0957. The molecule has 0 fully saturated rings. The average molecular weight is 329 g/mol. The van der Waals surface area contributed by atoms with Crippen molar-refractivity contribution in [1.82, 2.24) is 15.1 Å². The number of hydrogen-bond acceptors (Lipinski definition) is 3. The number of fused-ring (bicyclic) bond motifs is 1. The van der Waals surface area contributed by atoms with Gasteiger partial charge in [-0.2, -0.15) is 18.3 Å². The van der Waals surface area contributed by atoms with E-state index in [0.717, 1.165) is 17.3 Å². The van der Waals surface area contributed by atoms with E-state index in [9.17, 15) is 18.0 Å². The first-order valence-electron chi connectivity index (χ1n) is 7.55. The van der Waals surface area contributed by atoms with Crippen molar-refractivity contribution >= 4 is 5.91 Å². The van der Waals surface area contributed by atoms with Gasteiger partial charge in [-0.05, 0) is 20.3 Å². The zero-order chi connectivity index (χ0) is 16.8. The third kappa shape index (κ3) is 2.99. The zero-order valence-electron chi connectivity index (χ0n) is 12.9. The number of nitrogens with one attached hydrogen (secondary N) is 1. The van der Waals surface area contributed by atoms with Crippen LogP contribution in [0.15, 0.2) is 11.6 Å². The van der Waals surface area contributed by atoms with Gasteiger partial charge in [0.15, 0.2) is 5.69 Å². The van der Waals surface area contributed by atoms with Crippen molar-refractivity contribution in [2.45, 2.75) is 45.1 Å². The van der Waals surface area contributed by atoms with E-state index in [-0.39, 0.29) is 37.6 Å². The van der Waals surface area contributed by atoms with E-state index in [1.807, 2.05) is 13.8 Å². The predicted octanol–water partition coefficient (Wildman–Crippen LogP) is 2.77. The number of halogens is 3. The number of alkyl halides is 3. The fraction of sp³-hybridized carbons (Fsp3) is 0.600. The molecular weight excluding hydrogens is 311 g/mol. The van der Waals surface area contributed by atoms with Crippen molar-refractivity contribution in [2.75, 3.05) is 13.1 Å². The lowest BCUT2D eigenvalue weighted by atomic mass is 9.99. The highest BCUT2D eigenvalue weighted by atomic mass is 19.4. The van der Waals surface area contributed by atoms with Crippen LogP contribution in [-0.4, -0.2) is 46.4 Å². The second kappa shape index (κ2) is 5.67. The number of aromatic nitrogens is 2. The molecule has 0 aliphatic carbocycles. The summed E-state index contributed by atoms with van der Waals surface area (Å²) in [4.78, 5) is 14.0. The van der Waals surface area contributed by atoms with E-state index in [1.165, 1.54) is 4.90 Å². The Morgan fingerprint density at radius 2 is 2.17 bits per heavy atom. The van der Waals surface area contributed by atoms with Crippen LogP contribution in [0.5, 0.6) is 0 Å². The number of aromatic amines is 1. The molecule has 2 atom stereocenters. The van der Waals surface area contributed by atoms with E-state index < -0.39 is 11.7 Å². The largest absolute Gasteiger partial charge is 0.412 e. The van der Waals surface area contributed by atoms with E-state index in [4.69, 9.17) is 4.74 Å². The summed E-state index contributed by atoms with van der Waals surface area (Å²) in [5.74, 6) is -0.332. The maximum absolute atomic E-state index is 12.7. The Balaban J connectivity index is 1.80. The van der Waals surface area contributed by atoms with Gasteiger partial charge in [-0.3, -0.25) is 9.89 Å². The third-order valence-electron chi connectivity index (χ3n) is 4.30. The molecule has 3 heterocycles. The predicted molar refractivity (Wildman–Crippen MR) is 75.9 cm³/mol. The van der Waals surface area contributed by atoms with E-state index in [0.29, 0.717) is 12.1 Å². The fourth-order valence-electron chi connectivity index (χ4n) is 3.11. The lowest BCUT2D eigenvalue weighted by Crippen LogP contribution is -2.37. The van der Waals surface area contributed by atoms with E-state index in [2.05, 4.69) is 10.2 Å². The van der Waals surface area contributed by atoms with Crippen molar-refractivity contribution in [1.29, 1.82) is 0 Å². The Morgan fingerprint density at radius 1 is 1.43 bits per heavy atom. The summed E-state index contributed by atoms with van der Waals surface area (Å²) in [7, 11) is 0. The average Bonchev–Trinajstić information content (AvgIpc) is 2.89. The standard InChI is InChI=1S/C15H18F3N3O2/c1-8-7-11-12(9(2)23-8)19-20-13(11)14(22)21-5-3-10(4-6-21)15(16,17)18/h3,8-9H,4-7H2,1-2H3,(H,19,20)/t8-,9+/m1/s1. The molecule has 0 unspecified atom stereocenters. The molecule has 2 aliphatic rings. The van der Waals surface area contributed by atoms with Crippen molar-refractivity contribution < 1.29 is 22.7 Å². The summed E-state index contributed by atoms with van der Waals surface area (Å²) in [5.41, 5.74) is 1.31. The first-order chi connectivity index (χ1) is 10.8. The molecule has 5 nitrogen and oxygen atoms in total. The van der Waals surface area contributed by atoms with Gasteiger partial charge in [0.2, 0.25) is 0 Å². The molecule has 126 valence electrons. The maximum atomic E-state index is 12.7. The Labute approximate surface area is 131 Å². The van der Waals surface area contributed by atoms with Crippen LogP contribution < -0.4 is 0 Å². The highest BCUT2D eigenvalue weighted by Gasteiger charge is 2.37. The minimum atomic E-state index is -4.32. The van der Waals surface area contributed by atoms with Gasteiger partial charge >= 0.3 is 6.18 Å². The quantitative estimate of drug-likeness (QED) is 0.806. The van der Waals surface area contributed by atoms with Gasteiger partial charge in [0.05, 0.1) is 17.9 Å². The van der Waals surface area contributed by atoms with Crippen LogP contribution in [0, 0.1) is 0 Å². The van der Waals surface area contributed by atoms with Crippen LogP contribution in [0.2, 0.25) is 0 Å². The van der Waals surface area contributed by atoms with Crippen LogP contribution in [0.25, 0.3) is 0 Å². The van der Waals surface area contributed by atoms with Crippen LogP contribution in [0.4, 0.5) is 13.2 Å². The summed E-state index contributed by atoms with van der Waals surface area (Å²) >= 11 is 0. The molecule has 1 aromatic heterocycles. The topological polar surface area (TPSA) is 58.2 Å². The Morgan fingerprint density at radius 3 is 2.78 bits per heavy atom. The first-order valence-corrected chi connectivity index (χ1v) is 7.55. The number of carbonyl (C=O) groups excluding carboxylic acids is 1. The molecule has 3 rings (SSSR count). The zero-order valence-corrected chi connectivity index (χ0v) is 12.9. The monoisotopic (exact) mass is 329 g/mol. The summed E-state index contributed by atoms with van der Waals surface area (Å²) in [6, 6.07) is 0. The Hall–Kier alpha value is -1.83. The summed E-state index contributed by atoms with van der Waals surface area (Å²) in [5, 5.41) is 6.92. The molecule has 0 aromatic carbocycles. The van der Waals surface area contributed by atoms with Gasteiger partial charge in [0, 0.05) is 30.6 Å². The molecule has 23 heavy (non-hydrogen) atoms. The van der Waals surface area contributed by atoms with Gasteiger partial charge in [-0.15, -0.1) is 0 Å². The number of H-pyrrole nitrogens is 1. The van der Waals surface area contributed by atoms with Gasteiger partial charge in [0.25, 0.3) is 5.91 Å². The molecule has 2 aliphatic heterocycles. The SMILES string of the molecule is C[C@@H]1Cc2c(C(=O)N3CC=C(C(F)(F)F)CC3)n[nH]c2[C@H](C)O1. The van der Waals surface area contributed by atoms with Gasteiger partial charge in [-0.1, -0.05) is 6.08 Å². The number of ether oxygens (including phenoxy) is 1. The highest BCUT2D eigenvalue weighted by Crippen LogP contribution is 2.32. The second-order valence-corrected chi connectivity index (χ2v) is 5.99. The minimum absolute atomic E-state index is 0.0280. The van der Waals surface area contributed by atoms with Gasteiger partial charge in [0.1, 0.15) is 0 Å². The van der Waals surface area contributed by atoms with E-state index in [1.54, 1.807) is 0 Å². The van der Waals surface area contributed by atoms with Crippen LogP contribution >= 0.6 is 0 Å². The highest BCUT2D eigenvalue weighted by molar-refractivity contribution is 5.94. The van der Waals surface area contributed by atoms with Crippen molar-refractivity contribution in [2.24, 2.45) is 0 Å². The first kappa shape index (κ1) is 16.0. The summed E-state index contributed by atoms with van der Waals surface area (Å²) in [6.45, 7) is 3.80. The van der Waals surface area contributed by atoms with Crippen LogP contribution in [0.3, 0.4) is 0 Å². The molecule has 0 spiro atoms. The van der Waals surface area contributed by atoms with Crippen molar-refractivity contribution in [3.63, 3.8) is 0 Å². The molecule has 1 amide bonds. The van der Waals surface area contributed by atoms with Crippen molar-refractivity contribution in [3.05, 3.63) is 28.6 Å². The summed E-state index contributed by atoms with van der Waals surface area (Å²) < 4.78 is 43.6. The number of amides is 1. The number of hydrogen-bond donors (Lipinski definition) is 1. The third-order valence-corrected chi connectivity index (χ3v) is 4.30. The smallest absolute Gasteiger partial charge is 0.369 e. The Kier molecular flexibility index (Phi) is 3.95. The second-order valence-electron chi connectivity index (χ2n) is 5.99. The number of rotatable bonds is 1. The Bertz CT molecular complexity index is 651. The molecule has 0 radical (unpaired) electrons. The van der Waals surface area contributed by atoms with Crippen molar-refractivity contribution in [3.8, 4) is 0 Å². The fourth-order valence-corrected chi connectivity index (χ4v) is 3.11. The molecule has 0 saturated heterocycles. The minimum Gasteiger partial charge on any atom is -0.369 e. The molecule has 1 aromatic rings. The maximum Gasteiger partial charge on any atom is 0.412 e. The molecule has 8 heteroatoms. The van der Waals surface area contributed by atoms with Gasteiger partial charge < -0.3 is 9.64 Å².